The second kappa shape index (κ2) is 5.69. The summed E-state index contributed by atoms with van der Waals surface area (Å²) in [7, 11) is 0. The molecular weight excluding hydrogens is 128 g/mol. The van der Waals surface area contributed by atoms with E-state index < -0.39 is 0 Å². The van der Waals surface area contributed by atoms with Gasteiger partial charge >= 0.3 is 0 Å². The molecule has 0 heterocycles. The molecule has 0 radical (unpaired) electrons. The first-order chi connectivity index (χ1) is 4.72. The van der Waals surface area contributed by atoms with Crippen molar-refractivity contribution in [1.82, 2.24) is 0 Å². The third-order valence-corrected chi connectivity index (χ3v) is 1.46. The Balaban J connectivity index is 3.40. The zero-order valence-electron chi connectivity index (χ0n) is 7.13. The maximum Gasteiger partial charge on any atom is 0.0828 e. The molecule has 62 valence electrons. The Kier molecular flexibility index (Phi) is 5.64. The number of aliphatic hydroxyl groups excluding tert-OH is 1. The maximum absolute atomic E-state index is 8.80. The van der Waals surface area contributed by atoms with Gasteiger partial charge in [-0.05, 0) is 12.3 Å². The summed E-state index contributed by atoms with van der Waals surface area (Å²) in [5, 5.41) is 8.80. The molecule has 0 aliphatic rings. The number of hydrogen-bond acceptors (Lipinski definition) is 2. The van der Waals surface area contributed by atoms with Gasteiger partial charge in [0.25, 0.3) is 0 Å². The second-order valence-corrected chi connectivity index (χ2v) is 2.84. The molecule has 0 aliphatic heterocycles. The van der Waals surface area contributed by atoms with Gasteiger partial charge in [-0.3, -0.25) is 0 Å². The van der Waals surface area contributed by atoms with Gasteiger partial charge in [-0.15, -0.1) is 0 Å². The highest BCUT2D eigenvalue weighted by molar-refractivity contribution is 4.59. The second-order valence-electron chi connectivity index (χ2n) is 2.84. The van der Waals surface area contributed by atoms with E-state index in [1.807, 2.05) is 0 Å². The van der Waals surface area contributed by atoms with E-state index in [1.165, 1.54) is 0 Å². The zero-order valence-corrected chi connectivity index (χ0v) is 7.13. The topological polar surface area (TPSA) is 29.5 Å². The fourth-order valence-electron chi connectivity index (χ4n) is 0.725. The van der Waals surface area contributed by atoms with Crippen LogP contribution in [0.2, 0.25) is 0 Å². The third-order valence-electron chi connectivity index (χ3n) is 1.46. The van der Waals surface area contributed by atoms with Crippen molar-refractivity contribution in [3.8, 4) is 0 Å². The molecule has 1 N–H and O–H groups in total. The van der Waals surface area contributed by atoms with Crippen molar-refractivity contribution < 1.29 is 9.84 Å². The quantitative estimate of drug-likeness (QED) is 0.635. The van der Waals surface area contributed by atoms with Crippen LogP contribution in [0.5, 0.6) is 0 Å². The Labute approximate surface area is 63.2 Å². The average molecular weight is 146 g/mol. The molecule has 0 unspecified atom stereocenters. The minimum absolute atomic E-state index is 0.0277. The fraction of sp³-hybridized carbons (Fsp3) is 1.00. The van der Waals surface area contributed by atoms with Crippen molar-refractivity contribution >= 4 is 0 Å². The molecule has 0 aromatic rings. The van der Waals surface area contributed by atoms with Crippen LogP contribution in [0.25, 0.3) is 0 Å². The van der Waals surface area contributed by atoms with Crippen LogP contribution in [0.1, 0.15) is 27.2 Å². The van der Waals surface area contributed by atoms with Crippen molar-refractivity contribution in [2.45, 2.75) is 33.3 Å². The van der Waals surface area contributed by atoms with Gasteiger partial charge in [-0.2, -0.15) is 0 Å². The predicted octanol–water partition coefficient (Wildman–Crippen LogP) is 1.43. The van der Waals surface area contributed by atoms with E-state index in [4.69, 9.17) is 9.84 Å². The standard InChI is InChI=1S/C8H18O2/c1-4-5-10-8(6-9)7(2)3/h7-9H,4-6H2,1-3H3/t8-/m1/s1. The lowest BCUT2D eigenvalue weighted by Crippen LogP contribution is -2.24. The highest BCUT2D eigenvalue weighted by atomic mass is 16.5. The highest BCUT2D eigenvalue weighted by Crippen LogP contribution is 2.05. The van der Waals surface area contributed by atoms with Gasteiger partial charge in [0, 0.05) is 6.61 Å². The van der Waals surface area contributed by atoms with Crippen molar-refractivity contribution in [2.75, 3.05) is 13.2 Å². The summed E-state index contributed by atoms with van der Waals surface area (Å²) in [6.07, 6.45) is 1.04. The van der Waals surface area contributed by atoms with Crippen LogP contribution >= 0.6 is 0 Å². The fourth-order valence-corrected chi connectivity index (χ4v) is 0.725. The van der Waals surface area contributed by atoms with E-state index >= 15 is 0 Å². The average Bonchev–Trinajstić information content (AvgIpc) is 1.89. The Morgan fingerprint density at radius 1 is 1.40 bits per heavy atom. The van der Waals surface area contributed by atoms with Gasteiger partial charge in [-0.1, -0.05) is 20.8 Å². The largest absolute Gasteiger partial charge is 0.394 e. The first kappa shape index (κ1) is 9.92. The normalized spacial score (nSPS) is 14.1. The summed E-state index contributed by atoms with van der Waals surface area (Å²) in [6.45, 7) is 7.06. The molecule has 0 saturated carbocycles. The smallest absolute Gasteiger partial charge is 0.0828 e. The lowest BCUT2D eigenvalue weighted by Gasteiger charge is -2.18. The van der Waals surface area contributed by atoms with Crippen LogP contribution in [0.15, 0.2) is 0 Å². The van der Waals surface area contributed by atoms with E-state index in [1.54, 1.807) is 0 Å². The summed E-state index contributed by atoms with van der Waals surface area (Å²) in [6, 6.07) is 0. The van der Waals surface area contributed by atoms with Crippen LogP contribution in [0.3, 0.4) is 0 Å². The van der Waals surface area contributed by atoms with Crippen LogP contribution < -0.4 is 0 Å². The SMILES string of the molecule is CCCO[C@H](CO)C(C)C. The van der Waals surface area contributed by atoms with E-state index in [0.717, 1.165) is 13.0 Å². The molecule has 2 nitrogen and oxygen atoms in total. The number of aliphatic hydroxyl groups is 1. The van der Waals surface area contributed by atoms with Gasteiger partial charge in [-0.25, -0.2) is 0 Å². The van der Waals surface area contributed by atoms with Gasteiger partial charge in [0.05, 0.1) is 12.7 Å². The Morgan fingerprint density at radius 2 is 2.00 bits per heavy atom. The summed E-state index contributed by atoms with van der Waals surface area (Å²) in [5.74, 6) is 0.413. The van der Waals surface area contributed by atoms with Gasteiger partial charge in [0.2, 0.25) is 0 Å². The molecular formula is C8H18O2. The molecule has 0 aromatic heterocycles. The minimum atomic E-state index is 0.0277. The Bertz CT molecular complexity index is 71.7. The number of rotatable bonds is 5. The lowest BCUT2D eigenvalue weighted by molar-refractivity contribution is -0.0138. The highest BCUT2D eigenvalue weighted by Gasteiger charge is 2.10. The van der Waals surface area contributed by atoms with Gasteiger partial charge in [0.15, 0.2) is 0 Å². The Morgan fingerprint density at radius 3 is 2.30 bits per heavy atom. The van der Waals surface area contributed by atoms with Gasteiger partial charge < -0.3 is 9.84 Å². The molecule has 0 amide bonds. The molecule has 0 aromatic carbocycles. The third kappa shape index (κ3) is 3.85. The van der Waals surface area contributed by atoms with Gasteiger partial charge in [0.1, 0.15) is 0 Å². The minimum Gasteiger partial charge on any atom is -0.394 e. The van der Waals surface area contributed by atoms with E-state index in [0.29, 0.717) is 5.92 Å². The van der Waals surface area contributed by atoms with E-state index in [9.17, 15) is 0 Å². The predicted molar refractivity (Wildman–Crippen MR) is 42.0 cm³/mol. The van der Waals surface area contributed by atoms with Crippen molar-refractivity contribution in [3.63, 3.8) is 0 Å². The zero-order chi connectivity index (χ0) is 7.98. The van der Waals surface area contributed by atoms with E-state index in [2.05, 4.69) is 20.8 Å². The molecule has 0 bridgehead atoms. The van der Waals surface area contributed by atoms with Crippen molar-refractivity contribution in [2.24, 2.45) is 5.92 Å². The Hall–Kier alpha value is -0.0800. The summed E-state index contributed by atoms with van der Waals surface area (Å²) >= 11 is 0. The molecule has 1 atom stereocenters. The van der Waals surface area contributed by atoms with Crippen LogP contribution in [-0.4, -0.2) is 24.4 Å². The first-order valence-corrected chi connectivity index (χ1v) is 3.94. The van der Waals surface area contributed by atoms with Crippen LogP contribution in [0.4, 0.5) is 0 Å². The molecule has 0 fully saturated rings. The van der Waals surface area contributed by atoms with Crippen LogP contribution in [-0.2, 0) is 4.74 Å². The van der Waals surface area contributed by atoms with Crippen molar-refractivity contribution in [1.29, 1.82) is 0 Å². The first-order valence-electron chi connectivity index (χ1n) is 3.94. The van der Waals surface area contributed by atoms with E-state index in [-0.39, 0.29) is 12.7 Å². The molecule has 2 heteroatoms. The number of hydrogen-bond donors (Lipinski definition) is 1. The summed E-state index contributed by atoms with van der Waals surface area (Å²) in [4.78, 5) is 0. The molecule has 0 aliphatic carbocycles. The maximum atomic E-state index is 8.80. The van der Waals surface area contributed by atoms with Crippen molar-refractivity contribution in [3.05, 3.63) is 0 Å². The monoisotopic (exact) mass is 146 g/mol. The van der Waals surface area contributed by atoms with Crippen LogP contribution in [0, 0.1) is 5.92 Å². The lowest BCUT2D eigenvalue weighted by atomic mass is 10.1. The molecule has 0 rings (SSSR count). The number of ether oxygens (including phenoxy) is 1. The summed E-state index contributed by atoms with van der Waals surface area (Å²) in [5.41, 5.74) is 0. The molecule has 10 heavy (non-hydrogen) atoms. The molecule has 0 saturated heterocycles. The summed E-state index contributed by atoms with van der Waals surface area (Å²) < 4.78 is 5.35. The molecule has 0 spiro atoms.